The van der Waals surface area contributed by atoms with Crippen LogP contribution in [0.4, 0.5) is 0 Å². The molecule has 0 amide bonds. The van der Waals surface area contributed by atoms with Crippen LogP contribution in [-0.2, 0) is 4.79 Å². The van der Waals surface area contributed by atoms with E-state index in [9.17, 15) is 9.59 Å². The van der Waals surface area contributed by atoms with Crippen LogP contribution >= 0.6 is 11.3 Å². The molecule has 0 bridgehead atoms. The molecule has 118 valence electrons. The van der Waals surface area contributed by atoms with Crippen LogP contribution in [0.2, 0.25) is 0 Å². The standard InChI is InChI=1S/C17H16N2O3S/c1-9-4-6-12(7-5-9)13-11(3)23-15-14(13)16(20)19(8-18-15)10(2)17(21)22/h4-8,10H,1-3H3,(H,21,22)/t10-/m1/s1. The number of aryl methyl sites for hydroxylation is 2. The molecule has 0 spiro atoms. The molecule has 1 aromatic carbocycles. The van der Waals surface area contributed by atoms with Crippen LogP contribution in [0.3, 0.4) is 0 Å². The first-order chi connectivity index (χ1) is 10.9. The molecule has 1 N–H and O–H groups in total. The number of aliphatic carboxylic acids is 1. The lowest BCUT2D eigenvalue weighted by atomic mass is 10.0. The van der Waals surface area contributed by atoms with E-state index in [4.69, 9.17) is 5.11 Å². The minimum Gasteiger partial charge on any atom is -0.480 e. The number of fused-ring (bicyclic) bond motifs is 1. The zero-order valence-electron chi connectivity index (χ0n) is 13.0. The maximum atomic E-state index is 12.8. The number of carbonyl (C=O) groups is 1. The third kappa shape index (κ3) is 2.55. The Labute approximate surface area is 136 Å². The lowest BCUT2D eigenvalue weighted by Gasteiger charge is -2.10. The summed E-state index contributed by atoms with van der Waals surface area (Å²) < 4.78 is 1.18. The molecule has 0 radical (unpaired) electrons. The molecule has 0 aliphatic carbocycles. The van der Waals surface area contributed by atoms with Crippen molar-refractivity contribution in [3.63, 3.8) is 0 Å². The predicted molar refractivity (Wildman–Crippen MR) is 91.1 cm³/mol. The second kappa shape index (κ2) is 5.62. The molecule has 1 atom stereocenters. The summed E-state index contributed by atoms with van der Waals surface area (Å²) in [5.74, 6) is -1.06. The van der Waals surface area contributed by atoms with Gasteiger partial charge in [-0.15, -0.1) is 11.3 Å². The number of aromatic nitrogens is 2. The highest BCUT2D eigenvalue weighted by Crippen LogP contribution is 2.35. The van der Waals surface area contributed by atoms with Gasteiger partial charge in [0.2, 0.25) is 0 Å². The Balaban J connectivity index is 2.32. The smallest absolute Gasteiger partial charge is 0.326 e. The molecule has 0 saturated heterocycles. The second-order valence-electron chi connectivity index (χ2n) is 5.55. The number of carboxylic acids is 1. The van der Waals surface area contributed by atoms with Crippen molar-refractivity contribution in [1.29, 1.82) is 0 Å². The summed E-state index contributed by atoms with van der Waals surface area (Å²) in [6.45, 7) is 5.43. The summed E-state index contributed by atoms with van der Waals surface area (Å²) >= 11 is 1.45. The van der Waals surface area contributed by atoms with E-state index in [2.05, 4.69) is 4.98 Å². The van der Waals surface area contributed by atoms with E-state index in [-0.39, 0.29) is 5.56 Å². The van der Waals surface area contributed by atoms with Gasteiger partial charge >= 0.3 is 5.97 Å². The first-order valence-electron chi connectivity index (χ1n) is 7.20. The lowest BCUT2D eigenvalue weighted by Crippen LogP contribution is -2.28. The van der Waals surface area contributed by atoms with Gasteiger partial charge < -0.3 is 5.11 Å². The zero-order valence-corrected chi connectivity index (χ0v) is 13.8. The normalized spacial score (nSPS) is 12.5. The van der Waals surface area contributed by atoms with Gasteiger partial charge in [-0.3, -0.25) is 9.36 Å². The first kappa shape index (κ1) is 15.4. The molecular weight excluding hydrogens is 312 g/mol. The molecule has 2 aromatic heterocycles. The van der Waals surface area contributed by atoms with Crippen molar-refractivity contribution in [2.45, 2.75) is 26.8 Å². The fraction of sp³-hybridized carbons (Fsp3) is 0.235. The molecule has 0 fully saturated rings. The quantitative estimate of drug-likeness (QED) is 0.800. The van der Waals surface area contributed by atoms with Crippen LogP contribution in [0, 0.1) is 13.8 Å². The number of carboxylic acid groups (broad SMARTS) is 1. The molecule has 0 saturated carbocycles. The molecule has 0 aliphatic heterocycles. The van der Waals surface area contributed by atoms with Crippen LogP contribution in [0.5, 0.6) is 0 Å². The van der Waals surface area contributed by atoms with E-state index in [1.54, 1.807) is 0 Å². The molecule has 5 nitrogen and oxygen atoms in total. The summed E-state index contributed by atoms with van der Waals surface area (Å²) in [5, 5.41) is 9.66. The summed E-state index contributed by atoms with van der Waals surface area (Å²) in [6, 6.07) is 6.98. The third-order valence-corrected chi connectivity index (χ3v) is 4.94. The van der Waals surface area contributed by atoms with E-state index < -0.39 is 12.0 Å². The van der Waals surface area contributed by atoms with E-state index in [0.29, 0.717) is 10.2 Å². The van der Waals surface area contributed by atoms with Crippen molar-refractivity contribution in [3.05, 3.63) is 51.4 Å². The first-order valence-corrected chi connectivity index (χ1v) is 8.02. The van der Waals surface area contributed by atoms with Crippen molar-refractivity contribution >= 4 is 27.5 Å². The number of nitrogens with zero attached hydrogens (tertiary/aromatic N) is 2. The molecular formula is C17H16N2O3S. The van der Waals surface area contributed by atoms with Crippen LogP contribution in [0.25, 0.3) is 21.3 Å². The lowest BCUT2D eigenvalue weighted by molar-refractivity contribution is -0.140. The summed E-state index contributed by atoms with van der Waals surface area (Å²) in [6.07, 6.45) is 1.32. The van der Waals surface area contributed by atoms with Gasteiger partial charge in [-0.1, -0.05) is 29.8 Å². The Morgan fingerprint density at radius 1 is 1.26 bits per heavy atom. The number of rotatable bonds is 3. The van der Waals surface area contributed by atoms with E-state index in [0.717, 1.165) is 21.6 Å². The number of hydrogen-bond acceptors (Lipinski definition) is 4. The Morgan fingerprint density at radius 3 is 2.52 bits per heavy atom. The Bertz CT molecular complexity index is 954. The van der Waals surface area contributed by atoms with Gasteiger partial charge in [0, 0.05) is 10.4 Å². The van der Waals surface area contributed by atoms with Gasteiger partial charge in [0.05, 0.1) is 11.7 Å². The highest BCUT2D eigenvalue weighted by Gasteiger charge is 2.21. The van der Waals surface area contributed by atoms with Gasteiger partial charge in [0.15, 0.2) is 0 Å². The van der Waals surface area contributed by atoms with Crippen molar-refractivity contribution < 1.29 is 9.90 Å². The summed E-state index contributed by atoms with van der Waals surface area (Å²) in [7, 11) is 0. The van der Waals surface area contributed by atoms with Gasteiger partial charge in [0.25, 0.3) is 5.56 Å². The van der Waals surface area contributed by atoms with E-state index >= 15 is 0 Å². The maximum Gasteiger partial charge on any atom is 0.326 e. The number of hydrogen-bond donors (Lipinski definition) is 1. The third-order valence-electron chi connectivity index (χ3n) is 3.93. The molecule has 3 aromatic rings. The van der Waals surface area contributed by atoms with Crippen molar-refractivity contribution in [2.75, 3.05) is 0 Å². The second-order valence-corrected chi connectivity index (χ2v) is 6.75. The Hall–Kier alpha value is -2.47. The molecule has 6 heteroatoms. The van der Waals surface area contributed by atoms with E-state index in [1.807, 2.05) is 38.1 Å². The molecule has 2 heterocycles. The van der Waals surface area contributed by atoms with Crippen molar-refractivity contribution in [2.24, 2.45) is 0 Å². The fourth-order valence-electron chi connectivity index (χ4n) is 2.58. The largest absolute Gasteiger partial charge is 0.480 e. The topological polar surface area (TPSA) is 72.2 Å². The molecule has 0 aliphatic rings. The predicted octanol–water partition coefficient (Wildman–Crippen LogP) is 3.39. The van der Waals surface area contributed by atoms with Crippen LogP contribution in [0.1, 0.15) is 23.4 Å². The Morgan fingerprint density at radius 2 is 1.91 bits per heavy atom. The van der Waals surface area contributed by atoms with Crippen LogP contribution in [-0.4, -0.2) is 20.6 Å². The zero-order chi connectivity index (χ0) is 16.7. The maximum absolute atomic E-state index is 12.8. The Kier molecular flexibility index (Phi) is 3.77. The average Bonchev–Trinajstić information content (AvgIpc) is 2.85. The monoisotopic (exact) mass is 328 g/mol. The summed E-state index contributed by atoms with van der Waals surface area (Å²) in [4.78, 5) is 29.9. The molecule has 0 unspecified atom stereocenters. The SMILES string of the molecule is Cc1ccc(-c2c(C)sc3ncn([C@H](C)C(=O)O)c(=O)c23)cc1. The number of thiophene rings is 1. The van der Waals surface area contributed by atoms with Gasteiger partial charge in [-0.2, -0.15) is 0 Å². The highest BCUT2D eigenvalue weighted by atomic mass is 32.1. The molecule has 23 heavy (non-hydrogen) atoms. The number of benzene rings is 1. The van der Waals surface area contributed by atoms with Crippen LogP contribution < -0.4 is 5.56 Å². The van der Waals surface area contributed by atoms with Gasteiger partial charge in [-0.05, 0) is 26.3 Å². The van der Waals surface area contributed by atoms with Crippen molar-refractivity contribution in [3.8, 4) is 11.1 Å². The van der Waals surface area contributed by atoms with Gasteiger partial charge in [-0.25, -0.2) is 9.78 Å². The van der Waals surface area contributed by atoms with Crippen LogP contribution in [0.15, 0.2) is 35.4 Å². The molecule has 3 rings (SSSR count). The minimum atomic E-state index is -1.06. The van der Waals surface area contributed by atoms with Gasteiger partial charge in [0.1, 0.15) is 10.9 Å². The van der Waals surface area contributed by atoms with E-state index in [1.165, 1.54) is 29.2 Å². The summed E-state index contributed by atoms with van der Waals surface area (Å²) in [5.41, 5.74) is 2.61. The van der Waals surface area contributed by atoms with Crippen molar-refractivity contribution in [1.82, 2.24) is 9.55 Å². The highest BCUT2D eigenvalue weighted by molar-refractivity contribution is 7.19. The fourth-order valence-corrected chi connectivity index (χ4v) is 3.58. The minimum absolute atomic E-state index is 0.315. The average molecular weight is 328 g/mol.